The molecular weight excluding hydrogens is 719 g/mol. The largest absolute Gasteiger partial charge is 0.465 e. The summed E-state index contributed by atoms with van der Waals surface area (Å²) in [5.74, 6) is -0.428. The Labute approximate surface area is 288 Å². The number of aliphatic hydroxyl groups is 1. The number of aromatic nitrogens is 3. The standard InChI is InChI=1S/C34H34BrN4O9P/c1-2-45-33(42)27(16-23-18-36-26-12-6-5-10-24(23)26)38-49(44,48-29-13-7-9-21-8-3-4-11-25(21)29)46-20-30-28(40)17-31(47-30)39-19-22(14-15-35)32(41)37-34(39)43/h3-15,18-19,27-28,30-31,36,40H,2,16-17,20H2,1H3,(H,38,44)(H,37,41,43)/b15-14+/t27-,28-,30+,31+,49?/m0/s1. The molecule has 1 saturated heterocycles. The molecule has 0 bridgehead atoms. The van der Waals surface area contributed by atoms with Crippen molar-refractivity contribution in [1.82, 2.24) is 19.6 Å². The minimum absolute atomic E-state index is 0.0225. The minimum atomic E-state index is -4.44. The number of rotatable bonds is 13. The first-order valence-corrected chi connectivity index (χ1v) is 18.0. The van der Waals surface area contributed by atoms with Crippen molar-refractivity contribution in [1.29, 1.82) is 0 Å². The Morgan fingerprint density at radius 1 is 1.14 bits per heavy atom. The van der Waals surface area contributed by atoms with Crippen LogP contribution in [0.2, 0.25) is 0 Å². The predicted octanol–water partition coefficient (Wildman–Crippen LogP) is 5.15. The molecular formula is C34H34BrN4O9P. The third-order valence-corrected chi connectivity index (χ3v) is 9.93. The number of ether oxygens (including phenoxy) is 2. The first kappa shape index (κ1) is 34.6. The van der Waals surface area contributed by atoms with Crippen LogP contribution in [0.4, 0.5) is 0 Å². The molecule has 0 saturated carbocycles. The number of halogens is 1. The molecule has 3 aromatic carbocycles. The highest BCUT2D eigenvalue weighted by atomic mass is 79.9. The van der Waals surface area contributed by atoms with Crippen LogP contribution in [0, 0.1) is 0 Å². The van der Waals surface area contributed by atoms with E-state index in [0.717, 1.165) is 26.4 Å². The van der Waals surface area contributed by atoms with Gasteiger partial charge < -0.3 is 24.1 Å². The van der Waals surface area contributed by atoms with Gasteiger partial charge in [-0.25, -0.2) is 9.36 Å². The van der Waals surface area contributed by atoms with E-state index in [1.165, 1.54) is 17.3 Å². The number of benzene rings is 3. The van der Waals surface area contributed by atoms with Gasteiger partial charge in [0.2, 0.25) is 0 Å². The van der Waals surface area contributed by atoms with E-state index in [4.69, 9.17) is 18.5 Å². The van der Waals surface area contributed by atoms with Crippen molar-refractivity contribution in [2.24, 2.45) is 0 Å². The number of esters is 1. The van der Waals surface area contributed by atoms with Crippen LogP contribution < -0.4 is 20.9 Å². The third-order valence-electron chi connectivity index (χ3n) is 8.11. The highest BCUT2D eigenvalue weighted by Crippen LogP contribution is 2.48. The second kappa shape index (κ2) is 15.1. The summed E-state index contributed by atoms with van der Waals surface area (Å²) >= 11 is 3.12. The maximum absolute atomic E-state index is 14.7. The fourth-order valence-corrected chi connectivity index (χ4v) is 7.54. The first-order valence-electron chi connectivity index (χ1n) is 15.5. The average Bonchev–Trinajstić information content (AvgIpc) is 3.67. The van der Waals surface area contributed by atoms with Crippen molar-refractivity contribution in [3.63, 3.8) is 0 Å². The number of carbonyl (C=O) groups excluding carboxylic acids is 1. The van der Waals surface area contributed by atoms with Crippen molar-refractivity contribution >= 4 is 57.4 Å². The number of hydrogen-bond acceptors (Lipinski definition) is 9. The van der Waals surface area contributed by atoms with Crippen molar-refractivity contribution in [2.45, 2.75) is 44.2 Å². The summed E-state index contributed by atoms with van der Waals surface area (Å²) in [5, 5.41) is 16.1. The van der Waals surface area contributed by atoms with Crippen LogP contribution in [0.1, 0.15) is 30.7 Å². The van der Waals surface area contributed by atoms with E-state index in [-0.39, 0.29) is 30.8 Å². The van der Waals surface area contributed by atoms with Gasteiger partial charge in [0, 0.05) is 41.5 Å². The average molecular weight is 754 g/mol. The molecule has 0 amide bonds. The molecule has 4 N–H and O–H groups in total. The number of nitrogens with one attached hydrogen (secondary N) is 3. The summed E-state index contributed by atoms with van der Waals surface area (Å²) < 4.78 is 39.3. The number of carbonyl (C=O) groups is 1. The van der Waals surface area contributed by atoms with E-state index in [0.29, 0.717) is 5.39 Å². The van der Waals surface area contributed by atoms with E-state index in [2.05, 4.69) is 31.0 Å². The smallest absolute Gasteiger partial charge is 0.459 e. The first-order chi connectivity index (χ1) is 23.7. The molecule has 5 atom stereocenters. The maximum Gasteiger partial charge on any atom is 0.459 e. The summed E-state index contributed by atoms with van der Waals surface area (Å²) in [6.07, 6.45) is 1.46. The summed E-state index contributed by atoms with van der Waals surface area (Å²) in [6, 6.07) is 19.0. The molecule has 5 aromatic rings. The lowest BCUT2D eigenvalue weighted by Gasteiger charge is -2.26. The summed E-state index contributed by atoms with van der Waals surface area (Å²) in [5.41, 5.74) is 0.515. The quantitative estimate of drug-likeness (QED) is 0.0930. The zero-order valence-electron chi connectivity index (χ0n) is 26.3. The third kappa shape index (κ3) is 7.80. The molecule has 13 nitrogen and oxygen atoms in total. The molecule has 15 heteroatoms. The molecule has 0 aliphatic carbocycles. The molecule has 2 aromatic heterocycles. The molecule has 6 rings (SSSR count). The highest BCUT2D eigenvalue weighted by Gasteiger charge is 2.40. The van der Waals surface area contributed by atoms with Crippen LogP contribution in [0.5, 0.6) is 5.75 Å². The lowest BCUT2D eigenvalue weighted by molar-refractivity contribution is -0.145. The molecule has 49 heavy (non-hydrogen) atoms. The normalized spacial score (nSPS) is 19.7. The molecule has 1 aliphatic rings. The van der Waals surface area contributed by atoms with Crippen molar-refractivity contribution in [3.05, 3.63) is 116 Å². The van der Waals surface area contributed by atoms with Crippen LogP contribution >= 0.6 is 23.7 Å². The summed E-state index contributed by atoms with van der Waals surface area (Å²) in [4.78, 5) is 45.0. The number of fused-ring (bicyclic) bond motifs is 2. The van der Waals surface area contributed by atoms with Gasteiger partial charge >= 0.3 is 19.4 Å². The predicted molar refractivity (Wildman–Crippen MR) is 188 cm³/mol. The van der Waals surface area contributed by atoms with Gasteiger partial charge in [-0.15, -0.1) is 0 Å². The van der Waals surface area contributed by atoms with Crippen LogP contribution in [0.25, 0.3) is 27.8 Å². The van der Waals surface area contributed by atoms with E-state index in [1.54, 1.807) is 31.3 Å². The van der Waals surface area contributed by atoms with Gasteiger partial charge in [0.05, 0.1) is 24.9 Å². The number of aliphatic hydroxyl groups excluding tert-OH is 1. The maximum atomic E-state index is 14.7. The summed E-state index contributed by atoms with van der Waals surface area (Å²) in [6.45, 7) is 1.31. The fourth-order valence-electron chi connectivity index (χ4n) is 5.74. The van der Waals surface area contributed by atoms with E-state index in [1.807, 2.05) is 48.5 Å². The van der Waals surface area contributed by atoms with Gasteiger partial charge in [0.25, 0.3) is 5.56 Å². The molecule has 0 spiro atoms. The molecule has 1 aliphatic heterocycles. The molecule has 1 fully saturated rings. The van der Waals surface area contributed by atoms with Crippen LogP contribution in [-0.2, 0) is 29.8 Å². The Morgan fingerprint density at radius 2 is 1.90 bits per heavy atom. The number of aromatic amines is 2. The SMILES string of the molecule is CCOC(=O)[C@H](Cc1c[nH]c2ccccc12)NP(=O)(OC[C@H]1O[C@@H](n2cc(/C=C/Br)c(=O)[nH]c2=O)C[C@@H]1O)Oc1cccc2ccccc12. The fraction of sp³-hybridized carbons (Fsp3) is 0.265. The molecule has 3 heterocycles. The molecule has 1 unspecified atom stereocenters. The second-order valence-corrected chi connectivity index (χ2v) is 13.6. The number of H-pyrrole nitrogens is 2. The van der Waals surface area contributed by atoms with E-state index in [9.17, 15) is 24.1 Å². The minimum Gasteiger partial charge on any atom is -0.465 e. The van der Waals surface area contributed by atoms with Crippen molar-refractivity contribution < 1.29 is 33.0 Å². The van der Waals surface area contributed by atoms with Gasteiger partial charge in [0.1, 0.15) is 24.1 Å². The van der Waals surface area contributed by atoms with Gasteiger partial charge in [-0.3, -0.25) is 23.7 Å². The molecule has 256 valence electrons. The molecule has 0 radical (unpaired) electrons. The highest BCUT2D eigenvalue weighted by molar-refractivity contribution is 9.11. The summed E-state index contributed by atoms with van der Waals surface area (Å²) in [7, 11) is -4.44. The number of para-hydroxylation sites is 1. The monoisotopic (exact) mass is 752 g/mol. The van der Waals surface area contributed by atoms with E-state index >= 15 is 0 Å². The van der Waals surface area contributed by atoms with Crippen LogP contribution in [0.3, 0.4) is 0 Å². The Balaban J connectivity index is 1.29. The lowest BCUT2D eigenvalue weighted by Crippen LogP contribution is -2.40. The Hall–Kier alpha value is -4.30. The second-order valence-electron chi connectivity index (χ2n) is 11.3. The Kier molecular flexibility index (Phi) is 10.6. The van der Waals surface area contributed by atoms with Crippen molar-refractivity contribution in [2.75, 3.05) is 13.2 Å². The van der Waals surface area contributed by atoms with Crippen LogP contribution in [0.15, 0.2) is 93.7 Å². The van der Waals surface area contributed by atoms with Gasteiger partial charge in [-0.1, -0.05) is 70.5 Å². The number of hydrogen-bond donors (Lipinski definition) is 4. The Bertz CT molecular complexity index is 2160. The Morgan fingerprint density at radius 3 is 2.69 bits per heavy atom. The van der Waals surface area contributed by atoms with Gasteiger partial charge in [0.15, 0.2) is 0 Å². The van der Waals surface area contributed by atoms with Gasteiger partial charge in [-0.2, -0.15) is 5.09 Å². The zero-order chi connectivity index (χ0) is 34.5. The van der Waals surface area contributed by atoms with E-state index < -0.39 is 56.0 Å². The zero-order valence-corrected chi connectivity index (χ0v) is 28.8. The topological polar surface area (TPSA) is 174 Å². The van der Waals surface area contributed by atoms with Crippen LogP contribution in [-0.4, -0.2) is 57.1 Å². The van der Waals surface area contributed by atoms with Gasteiger partial charge in [-0.05, 0) is 41.1 Å². The van der Waals surface area contributed by atoms with Crippen molar-refractivity contribution in [3.8, 4) is 5.75 Å². The lowest BCUT2D eigenvalue weighted by atomic mass is 10.1. The number of nitrogens with zero attached hydrogens (tertiary/aromatic N) is 1.